The van der Waals surface area contributed by atoms with Gasteiger partial charge in [0.05, 0.1) is 25.3 Å². The number of rotatable bonds is 5. The highest BCUT2D eigenvalue weighted by molar-refractivity contribution is 9.13. The van der Waals surface area contributed by atoms with Crippen molar-refractivity contribution in [2.24, 2.45) is 10.2 Å². The molecule has 2 rings (SSSR count). The van der Waals surface area contributed by atoms with E-state index < -0.39 is 17.1 Å². The number of thioether (sulfide) groups is 1. The number of benzene rings is 1. The Morgan fingerprint density at radius 2 is 2.25 bits per heavy atom. The van der Waals surface area contributed by atoms with Crippen molar-refractivity contribution < 1.29 is 24.5 Å². The lowest BCUT2D eigenvalue weighted by atomic mass is 10.2. The number of carbonyl (C=O) groups is 2. The molecule has 1 atom stereocenters. The van der Waals surface area contributed by atoms with Gasteiger partial charge in [-0.3, -0.25) is 9.59 Å². The number of phenols is 1. The zero-order valence-corrected chi connectivity index (χ0v) is 16.1. The molecule has 1 aromatic rings. The Labute approximate surface area is 157 Å². The molecule has 1 unspecified atom stereocenters. The van der Waals surface area contributed by atoms with Crippen LogP contribution >= 0.6 is 43.6 Å². The van der Waals surface area contributed by atoms with Crippen LogP contribution in [0.4, 0.5) is 0 Å². The predicted molar refractivity (Wildman–Crippen MR) is 96.9 cm³/mol. The fourth-order valence-corrected chi connectivity index (χ4v) is 3.51. The number of aliphatic carboxylic acids is 1. The van der Waals surface area contributed by atoms with Gasteiger partial charge in [0.1, 0.15) is 5.25 Å². The van der Waals surface area contributed by atoms with Crippen molar-refractivity contribution in [3.05, 3.63) is 20.6 Å². The van der Waals surface area contributed by atoms with E-state index >= 15 is 0 Å². The van der Waals surface area contributed by atoms with Gasteiger partial charge in [-0.1, -0.05) is 11.8 Å². The molecule has 11 heteroatoms. The molecule has 0 spiro atoms. The van der Waals surface area contributed by atoms with Crippen molar-refractivity contribution in [2.45, 2.75) is 11.7 Å². The van der Waals surface area contributed by atoms with Gasteiger partial charge in [0.2, 0.25) is 5.91 Å². The second-order valence-corrected chi connectivity index (χ2v) is 7.32. The maximum atomic E-state index is 11.6. The molecule has 8 nitrogen and oxygen atoms in total. The molecule has 0 radical (unpaired) electrons. The number of halogens is 2. The number of methoxy groups -OCH3 is 1. The van der Waals surface area contributed by atoms with Gasteiger partial charge in [-0.2, -0.15) is 5.10 Å². The number of carboxylic acid groups (broad SMARTS) is 1. The van der Waals surface area contributed by atoms with Crippen molar-refractivity contribution >= 4 is 66.9 Å². The quantitative estimate of drug-likeness (QED) is 0.439. The van der Waals surface area contributed by atoms with E-state index in [1.807, 2.05) is 0 Å². The first-order valence-corrected chi connectivity index (χ1v) is 8.85. The molecule has 1 amide bonds. The normalized spacial score (nSPS) is 19.0. The van der Waals surface area contributed by atoms with Crippen LogP contribution in [0.25, 0.3) is 0 Å². The number of phenolic OH excluding ortho intramolecular Hbond substituents is 1. The van der Waals surface area contributed by atoms with Crippen LogP contribution in [0.2, 0.25) is 0 Å². The maximum absolute atomic E-state index is 11.6. The van der Waals surface area contributed by atoms with Crippen LogP contribution in [0.5, 0.6) is 11.5 Å². The smallest absolute Gasteiger partial charge is 0.305 e. The molecule has 0 saturated carbocycles. The molecular formula is C13H11Br2N3O5S. The standard InChI is InChI=1S/C13H11Br2N3O5S/c1-23-7-2-6(14)10(15)5(11(7)21)4-16-18-13-17-12(22)8(24-13)3-9(19)20/h2,4,8,21H,3H2,1H3,(H,19,20)(H,17,18,22). The summed E-state index contributed by atoms with van der Waals surface area (Å²) in [4.78, 5) is 22.3. The third-order valence-electron chi connectivity index (χ3n) is 2.88. The zero-order valence-electron chi connectivity index (χ0n) is 12.1. The summed E-state index contributed by atoms with van der Waals surface area (Å²) in [5.41, 5.74) is 0.335. The molecule has 0 aromatic heterocycles. The zero-order chi connectivity index (χ0) is 17.9. The van der Waals surface area contributed by atoms with Gasteiger partial charge in [0.25, 0.3) is 0 Å². The lowest BCUT2D eigenvalue weighted by Gasteiger charge is -2.09. The van der Waals surface area contributed by atoms with Crippen LogP contribution in [0.15, 0.2) is 25.2 Å². The van der Waals surface area contributed by atoms with Crippen LogP contribution in [0.1, 0.15) is 12.0 Å². The Bertz CT molecular complexity index is 754. The molecule has 3 N–H and O–H groups in total. The second-order valence-electron chi connectivity index (χ2n) is 4.48. The number of carboxylic acids is 1. The molecule has 1 fully saturated rings. The molecule has 1 aliphatic rings. The largest absolute Gasteiger partial charge is 0.504 e. The van der Waals surface area contributed by atoms with E-state index in [0.717, 1.165) is 11.8 Å². The molecule has 1 saturated heterocycles. The molecular weight excluding hydrogens is 470 g/mol. The SMILES string of the molecule is COc1cc(Br)c(Br)c(C=NN=C2NC(=O)C(CC(=O)O)S2)c1O. The Morgan fingerprint density at radius 1 is 1.54 bits per heavy atom. The minimum Gasteiger partial charge on any atom is -0.504 e. The summed E-state index contributed by atoms with van der Waals surface area (Å²) in [6, 6.07) is 1.59. The number of ether oxygens (including phenoxy) is 1. The van der Waals surface area contributed by atoms with Crippen LogP contribution < -0.4 is 10.1 Å². The van der Waals surface area contributed by atoms with Gasteiger partial charge in [0, 0.05) is 8.95 Å². The van der Waals surface area contributed by atoms with Gasteiger partial charge in [-0.15, -0.1) is 5.10 Å². The van der Waals surface area contributed by atoms with Gasteiger partial charge >= 0.3 is 5.97 Å². The number of hydrogen-bond donors (Lipinski definition) is 3. The van der Waals surface area contributed by atoms with Crippen LogP contribution in [0.3, 0.4) is 0 Å². The number of amides is 1. The van der Waals surface area contributed by atoms with Crippen LogP contribution in [0, 0.1) is 0 Å². The van der Waals surface area contributed by atoms with E-state index in [-0.39, 0.29) is 23.1 Å². The summed E-state index contributed by atoms with van der Waals surface area (Å²) in [6.45, 7) is 0. The number of nitrogens with one attached hydrogen (secondary N) is 1. The van der Waals surface area contributed by atoms with E-state index in [0.29, 0.717) is 14.5 Å². The lowest BCUT2D eigenvalue weighted by molar-refractivity contribution is -0.138. The number of hydrogen-bond acceptors (Lipinski definition) is 7. The van der Waals surface area contributed by atoms with Crippen molar-refractivity contribution in [3.8, 4) is 11.5 Å². The van der Waals surface area contributed by atoms with Crippen LogP contribution in [-0.2, 0) is 9.59 Å². The van der Waals surface area contributed by atoms with Gasteiger partial charge < -0.3 is 20.3 Å². The molecule has 1 aromatic carbocycles. The van der Waals surface area contributed by atoms with Crippen molar-refractivity contribution in [1.82, 2.24) is 5.32 Å². The highest BCUT2D eigenvalue weighted by Gasteiger charge is 2.32. The Kier molecular flexibility index (Phi) is 6.24. The minimum atomic E-state index is -1.07. The number of nitrogens with zero attached hydrogens (tertiary/aromatic N) is 2. The number of amidine groups is 1. The Balaban J connectivity index is 2.19. The Morgan fingerprint density at radius 3 is 2.88 bits per heavy atom. The average Bonchev–Trinajstić information content (AvgIpc) is 2.85. The summed E-state index contributed by atoms with van der Waals surface area (Å²) in [5.74, 6) is -1.36. The van der Waals surface area contributed by atoms with Gasteiger partial charge in [0.15, 0.2) is 16.7 Å². The third kappa shape index (κ3) is 4.28. The topological polar surface area (TPSA) is 121 Å². The number of aromatic hydroxyl groups is 1. The second kappa shape index (κ2) is 7.99. The molecule has 0 bridgehead atoms. The first-order valence-electron chi connectivity index (χ1n) is 6.38. The Hall–Kier alpha value is -1.59. The highest BCUT2D eigenvalue weighted by Crippen LogP contribution is 2.39. The summed E-state index contributed by atoms with van der Waals surface area (Å²) >= 11 is 7.62. The fraction of sp³-hybridized carbons (Fsp3) is 0.231. The molecule has 128 valence electrons. The van der Waals surface area contributed by atoms with Crippen LogP contribution in [-0.4, -0.2) is 45.8 Å². The molecule has 24 heavy (non-hydrogen) atoms. The maximum Gasteiger partial charge on any atom is 0.305 e. The summed E-state index contributed by atoms with van der Waals surface area (Å²) in [5, 5.41) is 28.4. The fourth-order valence-electron chi connectivity index (χ4n) is 1.77. The number of carbonyl (C=O) groups excluding carboxylic acids is 1. The van der Waals surface area contributed by atoms with Crippen molar-refractivity contribution in [1.29, 1.82) is 0 Å². The van der Waals surface area contributed by atoms with E-state index in [9.17, 15) is 14.7 Å². The first-order chi connectivity index (χ1) is 11.3. The summed E-state index contributed by atoms with van der Waals surface area (Å²) in [6.07, 6.45) is 0.991. The average molecular weight is 481 g/mol. The van der Waals surface area contributed by atoms with Crippen molar-refractivity contribution in [2.75, 3.05) is 7.11 Å². The van der Waals surface area contributed by atoms with E-state index in [1.54, 1.807) is 6.07 Å². The minimum absolute atomic E-state index is 0.122. The highest BCUT2D eigenvalue weighted by atomic mass is 79.9. The van der Waals surface area contributed by atoms with Gasteiger partial charge in [-0.05, 0) is 37.9 Å². The lowest BCUT2D eigenvalue weighted by Crippen LogP contribution is -2.26. The molecule has 1 heterocycles. The first kappa shape index (κ1) is 18.7. The van der Waals surface area contributed by atoms with Gasteiger partial charge in [-0.25, -0.2) is 0 Å². The van der Waals surface area contributed by atoms with E-state index in [4.69, 9.17) is 9.84 Å². The molecule has 0 aliphatic carbocycles. The van der Waals surface area contributed by atoms with Crippen molar-refractivity contribution in [3.63, 3.8) is 0 Å². The molecule has 1 aliphatic heterocycles. The van der Waals surface area contributed by atoms with E-state index in [2.05, 4.69) is 47.4 Å². The third-order valence-corrected chi connectivity index (χ3v) is 5.97. The summed E-state index contributed by atoms with van der Waals surface area (Å²) < 4.78 is 6.25. The predicted octanol–water partition coefficient (Wildman–Crippen LogP) is 2.32. The monoisotopic (exact) mass is 479 g/mol. The van der Waals surface area contributed by atoms with E-state index in [1.165, 1.54) is 13.3 Å². The summed E-state index contributed by atoms with van der Waals surface area (Å²) in [7, 11) is 1.42.